The lowest BCUT2D eigenvalue weighted by Gasteiger charge is -2.25. The quantitative estimate of drug-likeness (QED) is 0.559. The van der Waals surface area contributed by atoms with Crippen LogP contribution in [0.4, 0.5) is 19.3 Å². The van der Waals surface area contributed by atoms with Crippen LogP contribution in [0.3, 0.4) is 0 Å². The van der Waals surface area contributed by atoms with Crippen LogP contribution in [0.5, 0.6) is 5.75 Å². The van der Waals surface area contributed by atoms with Crippen molar-refractivity contribution in [3.05, 3.63) is 95.6 Å². The molecule has 1 unspecified atom stereocenters. The summed E-state index contributed by atoms with van der Waals surface area (Å²) in [5, 5.41) is 2.46. The molecule has 0 aliphatic carbocycles. The Balaban J connectivity index is 1.44. The molecule has 154 valence electrons. The molecule has 2 amide bonds. The summed E-state index contributed by atoms with van der Waals surface area (Å²) in [6, 6.07) is 20.5. The summed E-state index contributed by atoms with van der Waals surface area (Å²) < 4.78 is 32.4. The first-order chi connectivity index (χ1) is 14.6. The molecule has 1 fully saturated rings. The second-order valence-corrected chi connectivity index (χ2v) is 8.01. The minimum Gasteiger partial charge on any atom is -0.489 e. The topological polar surface area (TPSA) is 41.6 Å². The van der Waals surface area contributed by atoms with Gasteiger partial charge < -0.3 is 15.0 Å². The number of ether oxygens (including phenoxy) is 1. The number of thioether (sulfide) groups is 1. The Morgan fingerprint density at radius 2 is 1.87 bits per heavy atom. The SMILES string of the molecule is O=C(Nc1ccc(F)c(F)c1)N1CCSC1c1cccc(OCc2ccccc2)c1. The zero-order valence-corrected chi connectivity index (χ0v) is 16.9. The summed E-state index contributed by atoms with van der Waals surface area (Å²) in [5.41, 5.74) is 2.24. The normalized spacial score (nSPS) is 15.8. The number of hydrogen-bond acceptors (Lipinski definition) is 3. The van der Waals surface area contributed by atoms with Gasteiger partial charge in [0.25, 0.3) is 0 Å². The average molecular weight is 426 g/mol. The maximum Gasteiger partial charge on any atom is 0.323 e. The third kappa shape index (κ3) is 4.74. The van der Waals surface area contributed by atoms with E-state index in [1.807, 2.05) is 54.6 Å². The van der Waals surface area contributed by atoms with E-state index in [9.17, 15) is 13.6 Å². The number of halogens is 2. The summed E-state index contributed by atoms with van der Waals surface area (Å²) in [7, 11) is 0. The van der Waals surface area contributed by atoms with Gasteiger partial charge in [-0.25, -0.2) is 13.6 Å². The molecule has 1 atom stereocenters. The zero-order valence-electron chi connectivity index (χ0n) is 16.1. The molecule has 1 saturated heterocycles. The van der Waals surface area contributed by atoms with Crippen molar-refractivity contribution in [3.8, 4) is 5.75 Å². The molecule has 30 heavy (non-hydrogen) atoms. The number of carbonyl (C=O) groups excluding carboxylic acids is 1. The van der Waals surface area contributed by atoms with Gasteiger partial charge in [-0.3, -0.25) is 0 Å². The number of nitrogens with one attached hydrogen (secondary N) is 1. The van der Waals surface area contributed by atoms with Gasteiger partial charge in [0.15, 0.2) is 11.6 Å². The first-order valence-corrected chi connectivity index (χ1v) is 10.6. The number of anilines is 1. The van der Waals surface area contributed by atoms with Gasteiger partial charge in [-0.05, 0) is 35.4 Å². The maximum absolute atomic E-state index is 13.4. The van der Waals surface area contributed by atoms with Gasteiger partial charge in [-0.15, -0.1) is 11.8 Å². The largest absolute Gasteiger partial charge is 0.489 e. The molecule has 1 aliphatic heterocycles. The van der Waals surface area contributed by atoms with E-state index in [1.54, 1.807) is 16.7 Å². The highest BCUT2D eigenvalue weighted by atomic mass is 32.2. The molecule has 4 nitrogen and oxygen atoms in total. The van der Waals surface area contributed by atoms with Crippen molar-refractivity contribution in [2.45, 2.75) is 12.0 Å². The Morgan fingerprint density at radius 3 is 2.67 bits per heavy atom. The molecule has 3 aromatic carbocycles. The molecule has 0 aromatic heterocycles. The minimum absolute atomic E-state index is 0.185. The standard InChI is InChI=1S/C23H20F2N2O2S/c24-20-10-9-18(14-21(20)25)26-23(28)27-11-12-30-22(27)17-7-4-8-19(13-17)29-15-16-5-2-1-3-6-16/h1-10,13-14,22H,11-12,15H2,(H,26,28). The van der Waals surface area contributed by atoms with E-state index in [0.29, 0.717) is 13.2 Å². The van der Waals surface area contributed by atoms with Crippen molar-refractivity contribution in [2.75, 3.05) is 17.6 Å². The number of urea groups is 1. The predicted octanol–water partition coefficient (Wildman–Crippen LogP) is 5.82. The second-order valence-electron chi connectivity index (χ2n) is 6.82. The Bertz CT molecular complexity index is 1030. The Morgan fingerprint density at radius 1 is 1.03 bits per heavy atom. The smallest absolute Gasteiger partial charge is 0.323 e. The monoisotopic (exact) mass is 426 g/mol. The van der Waals surface area contributed by atoms with Gasteiger partial charge >= 0.3 is 6.03 Å². The molecule has 4 rings (SSSR count). The van der Waals surface area contributed by atoms with Crippen molar-refractivity contribution < 1.29 is 18.3 Å². The Labute approximate surface area is 177 Å². The third-order valence-corrected chi connectivity index (χ3v) is 5.97. The first-order valence-electron chi connectivity index (χ1n) is 9.51. The lowest BCUT2D eigenvalue weighted by atomic mass is 10.2. The van der Waals surface area contributed by atoms with E-state index in [2.05, 4.69) is 5.32 Å². The Hall–Kier alpha value is -3.06. The summed E-state index contributed by atoms with van der Waals surface area (Å²) in [6.45, 7) is 1.02. The van der Waals surface area contributed by atoms with Crippen LogP contribution < -0.4 is 10.1 Å². The van der Waals surface area contributed by atoms with Crippen LogP contribution in [0.2, 0.25) is 0 Å². The highest BCUT2D eigenvalue weighted by Gasteiger charge is 2.31. The van der Waals surface area contributed by atoms with Gasteiger partial charge in [0.2, 0.25) is 0 Å². The molecule has 1 aliphatic rings. The molecule has 0 radical (unpaired) electrons. The molecule has 0 bridgehead atoms. The molecular formula is C23H20F2N2O2S. The molecule has 0 saturated carbocycles. The number of benzene rings is 3. The number of carbonyl (C=O) groups is 1. The van der Waals surface area contributed by atoms with E-state index in [-0.39, 0.29) is 17.1 Å². The van der Waals surface area contributed by atoms with Crippen LogP contribution >= 0.6 is 11.8 Å². The van der Waals surface area contributed by atoms with E-state index < -0.39 is 11.6 Å². The van der Waals surface area contributed by atoms with E-state index in [0.717, 1.165) is 34.8 Å². The highest BCUT2D eigenvalue weighted by Crippen LogP contribution is 2.39. The van der Waals surface area contributed by atoms with Crippen molar-refractivity contribution in [2.24, 2.45) is 0 Å². The van der Waals surface area contributed by atoms with Crippen LogP contribution in [0, 0.1) is 11.6 Å². The molecular weight excluding hydrogens is 406 g/mol. The summed E-state index contributed by atoms with van der Waals surface area (Å²) >= 11 is 1.65. The molecule has 3 aromatic rings. The highest BCUT2D eigenvalue weighted by molar-refractivity contribution is 7.99. The van der Waals surface area contributed by atoms with Crippen LogP contribution in [-0.2, 0) is 6.61 Å². The number of amides is 2. The van der Waals surface area contributed by atoms with Crippen molar-refractivity contribution in [1.82, 2.24) is 4.90 Å². The second kappa shape index (κ2) is 9.17. The number of nitrogens with zero attached hydrogens (tertiary/aromatic N) is 1. The van der Waals surface area contributed by atoms with Crippen LogP contribution in [0.25, 0.3) is 0 Å². The maximum atomic E-state index is 13.4. The van der Waals surface area contributed by atoms with Crippen molar-refractivity contribution >= 4 is 23.5 Å². The van der Waals surface area contributed by atoms with Gasteiger partial charge in [-0.2, -0.15) is 0 Å². The lowest BCUT2D eigenvalue weighted by molar-refractivity contribution is 0.214. The summed E-state index contributed by atoms with van der Waals surface area (Å²) in [5.74, 6) is -0.437. The van der Waals surface area contributed by atoms with Gasteiger partial charge in [0.1, 0.15) is 17.7 Å². The molecule has 0 spiro atoms. The van der Waals surface area contributed by atoms with E-state index in [4.69, 9.17) is 4.74 Å². The average Bonchev–Trinajstić information content (AvgIpc) is 3.26. The predicted molar refractivity (Wildman–Crippen MR) is 114 cm³/mol. The fourth-order valence-corrected chi connectivity index (χ4v) is 4.47. The van der Waals surface area contributed by atoms with E-state index >= 15 is 0 Å². The van der Waals surface area contributed by atoms with Crippen LogP contribution in [-0.4, -0.2) is 23.2 Å². The minimum atomic E-state index is -0.997. The fraction of sp³-hybridized carbons (Fsp3) is 0.174. The number of rotatable bonds is 5. The van der Waals surface area contributed by atoms with Crippen LogP contribution in [0.15, 0.2) is 72.8 Å². The number of hydrogen-bond donors (Lipinski definition) is 1. The van der Waals surface area contributed by atoms with Crippen LogP contribution in [0.1, 0.15) is 16.5 Å². The van der Waals surface area contributed by atoms with Gasteiger partial charge in [0, 0.05) is 24.1 Å². The molecule has 1 heterocycles. The fourth-order valence-electron chi connectivity index (χ4n) is 3.22. The van der Waals surface area contributed by atoms with E-state index in [1.165, 1.54) is 6.07 Å². The third-order valence-electron chi connectivity index (χ3n) is 4.71. The van der Waals surface area contributed by atoms with Crippen molar-refractivity contribution in [1.29, 1.82) is 0 Å². The summed E-state index contributed by atoms with van der Waals surface area (Å²) in [4.78, 5) is 14.4. The zero-order chi connectivity index (χ0) is 20.9. The van der Waals surface area contributed by atoms with Crippen molar-refractivity contribution in [3.63, 3.8) is 0 Å². The van der Waals surface area contributed by atoms with Gasteiger partial charge in [0.05, 0.1) is 0 Å². The summed E-state index contributed by atoms with van der Waals surface area (Å²) in [6.07, 6.45) is 0. The molecule has 1 N–H and O–H groups in total. The lowest BCUT2D eigenvalue weighted by Crippen LogP contribution is -2.34. The first kappa shape index (κ1) is 20.2. The Kier molecular flexibility index (Phi) is 6.18. The molecule has 7 heteroatoms. The van der Waals surface area contributed by atoms with Gasteiger partial charge in [-0.1, -0.05) is 42.5 Å².